The first-order valence-corrected chi connectivity index (χ1v) is 10.8. The van der Waals surface area contributed by atoms with Crippen LogP contribution in [0.2, 0.25) is 0 Å². The van der Waals surface area contributed by atoms with Gasteiger partial charge in [0.15, 0.2) is 11.5 Å². The summed E-state index contributed by atoms with van der Waals surface area (Å²) in [6.07, 6.45) is 3.23. The summed E-state index contributed by atoms with van der Waals surface area (Å²) < 4.78 is 3.53. The van der Waals surface area contributed by atoms with Crippen LogP contribution in [0.4, 0.5) is 0 Å². The summed E-state index contributed by atoms with van der Waals surface area (Å²) in [7, 11) is 4.11. The van der Waals surface area contributed by atoms with E-state index in [4.69, 9.17) is 0 Å². The van der Waals surface area contributed by atoms with E-state index in [1.54, 1.807) is 10.9 Å². The van der Waals surface area contributed by atoms with Crippen molar-refractivity contribution in [1.82, 2.24) is 34.0 Å². The molecule has 166 valence electrons. The lowest BCUT2D eigenvalue weighted by atomic mass is 10.1. The molecular formula is C25H25N7O. The Balaban J connectivity index is 1.47. The van der Waals surface area contributed by atoms with Gasteiger partial charge in [-0.3, -0.25) is 4.57 Å². The highest BCUT2D eigenvalue weighted by Crippen LogP contribution is 2.23. The second-order valence-electron chi connectivity index (χ2n) is 8.61. The van der Waals surface area contributed by atoms with E-state index >= 15 is 0 Å². The van der Waals surface area contributed by atoms with Gasteiger partial charge in [0.2, 0.25) is 0 Å². The van der Waals surface area contributed by atoms with Crippen LogP contribution < -0.4 is 5.69 Å². The molecule has 8 heteroatoms. The van der Waals surface area contributed by atoms with Gasteiger partial charge in [-0.1, -0.05) is 54.1 Å². The number of fused-ring (bicyclic) bond motifs is 3. The average molecular weight is 440 g/mol. The fraction of sp³-hybridized carbons (Fsp3) is 0.240. The predicted octanol–water partition coefficient (Wildman–Crippen LogP) is 2.95. The molecule has 2 aromatic carbocycles. The van der Waals surface area contributed by atoms with Gasteiger partial charge in [-0.2, -0.15) is 4.98 Å². The zero-order chi connectivity index (χ0) is 22.9. The van der Waals surface area contributed by atoms with Crippen LogP contribution in [0.3, 0.4) is 0 Å². The second-order valence-corrected chi connectivity index (χ2v) is 8.61. The van der Waals surface area contributed by atoms with Gasteiger partial charge in [0.1, 0.15) is 17.5 Å². The van der Waals surface area contributed by atoms with Crippen molar-refractivity contribution in [3.05, 3.63) is 93.9 Å². The van der Waals surface area contributed by atoms with Gasteiger partial charge < -0.3 is 9.47 Å². The third-order valence-electron chi connectivity index (χ3n) is 5.64. The van der Waals surface area contributed by atoms with Crippen LogP contribution in [0.1, 0.15) is 22.3 Å². The first-order chi connectivity index (χ1) is 16.0. The fourth-order valence-electron chi connectivity index (χ4n) is 3.98. The van der Waals surface area contributed by atoms with E-state index in [1.165, 1.54) is 17.5 Å². The van der Waals surface area contributed by atoms with E-state index in [2.05, 4.69) is 63.2 Å². The maximum absolute atomic E-state index is 12.7. The van der Waals surface area contributed by atoms with Crippen LogP contribution in [-0.4, -0.2) is 48.1 Å². The Kier molecular flexibility index (Phi) is 5.43. The van der Waals surface area contributed by atoms with Crippen LogP contribution in [0.25, 0.3) is 22.7 Å². The van der Waals surface area contributed by atoms with Crippen molar-refractivity contribution in [3.8, 4) is 11.5 Å². The minimum Gasteiger partial charge on any atom is -0.311 e. The molecule has 0 bridgehead atoms. The van der Waals surface area contributed by atoms with Crippen molar-refractivity contribution in [3.63, 3.8) is 0 Å². The van der Waals surface area contributed by atoms with Gasteiger partial charge in [0.05, 0.1) is 19.4 Å². The van der Waals surface area contributed by atoms with E-state index in [1.807, 2.05) is 35.8 Å². The van der Waals surface area contributed by atoms with Crippen molar-refractivity contribution in [2.24, 2.45) is 0 Å². The Morgan fingerprint density at radius 3 is 2.24 bits per heavy atom. The van der Waals surface area contributed by atoms with E-state index in [-0.39, 0.29) is 5.69 Å². The normalized spacial score (nSPS) is 11.6. The van der Waals surface area contributed by atoms with Crippen LogP contribution >= 0.6 is 0 Å². The molecule has 0 N–H and O–H groups in total. The molecule has 5 rings (SSSR count). The first kappa shape index (κ1) is 21.0. The van der Waals surface area contributed by atoms with Gasteiger partial charge in [0.25, 0.3) is 0 Å². The summed E-state index contributed by atoms with van der Waals surface area (Å²) in [5, 5.41) is 0. The van der Waals surface area contributed by atoms with Crippen LogP contribution in [0.5, 0.6) is 0 Å². The van der Waals surface area contributed by atoms with E-state index < -0.39 is 0 Å². The Hall–Kier alpha value is -3.91. The molecular weight excluding hydrogens is 414 g/mol. The Bertz CT molecular complexity index is 1430. The lowest BCUT2D eigenvalue weighted by molar-refractivity contribution is 0.402. The molecule has 0 amide bonds. The number of benzene rings is 2. The van der Waals surface area contributed by atoms with Crippen molar-refractivity contribution >= 4 is 11.2 Å². The third kappa shape index (κ3) is 4.25. The lowest BCUT2D eigenvalue weighted by Gasteiger charge is -2.10. The second kappa shape index (κ2) is 8.55. The summed E-state index contributed by atoms with van der Waals surface area (Å²) in [5.41, 5.74) is 5.95. The van der Waals surface area contributed by atoms with Gasteiger partial charge in [0, 0.05) is 6.54 Å². The molecule has 0 saturated carbocycles. The molecule has 0 fully saturated rings. The van der Waals surface area contributed by atoms with Gasteiger partial charge in [-0.05, 0) is 37.7 Å². The van der Waals surface area contributed by atoms with Gasteiger partial charge in [-0.25, -0.2) is 19.7 Å². The largest absolute Gasteiger partial charge is 0.350 e. The number of hydrogen-bond acceptors (Lipinski definition) is 6. The summed E-state index contributed by atoms with van der Waals surface area (Å²) in [5.74, 6) is 0.487. The SMILES string of the molecule is Cc1ccc(Cn2c3ncnc4c(ncn4Cc4ccc(CN(C)C)cc4)c-3nc2=O)cc1. The molecule has 0 radical (unpaired) electrons. The Morgan fingerprint density at radius 2 is 1.52 bits per heavy atom. The standard InChI is InChI=1S/C25H25N7O/c1-17-4-6-20(7-5-17)14-32-24-22(29-25(32)33)21-23(26-15-27-24)31(16-28-21)13-19-10-8-18(9-11-19)12-30(2)3/h4-11,15-16H,12-14H2,1-3H3. The lowest BCUT2D eigenvalue weighted by Crippen LogP contribution is -2.17. The summed E-state index contributed by atoms with van der Waals surface area (Å²) >= 11 is 0. The maximum Gasteiger partial charge on any atom is 0.350 e. The first-order valence-electron chi connectivity index (χ1n) is 10.8. The minimum absolute atomic E-state index is 0.336. The number of aromatic nitrogens is 6. The summed E-state index contributed by atoms with van der Waals surface area (Å²) in [4.78, 5) is 32.7. The third-order valence-corrected chi connectivity index (χ3v) is 5.64. The molecule has 3 heterocycles. The molecule has 2 aliphatic heterocycles. The molecule has 0 unspecified atom stereocenters. The van der Waals surface area contributed by atoms with Crippen molar-refractivity contribution < 1.29 is 0 Å². The fourth-order valence-corrected chi connectivity index (χ4v) is 3.98. The topological polar surface area (TPSA) is 81.7 Å². The molecule has 8 nitrogen and oxygen atoms in total. The number of rotatable bonds is 6. The Morgan fingerprint density at radius 1 is 0.848 bits per heavy atom. The molecule has 1 aromatic heterocycles. The molecule has 2 aliphatic rings. The molecule has 0 saturated heterocycles. The molecule has 3 aromatic rings. The monoisotopic (exact) mass is 439 g/mol. The number of hydrogen-bond donors (Lipinski definition) is 0. The molecule has 0 spiro atoms. The number of nitrogens with zero attached hydrogens (tertiary/aromatic N) is 7. The average Bonchev–Trinajstić information content (AvgIpc) is 3.25. The van der Waals surface area contributed by atoms with Crippen molar-refractivity contribution in [1.29, 1.82) is 0 Å². The molecule has 0 aliphatic carbocycles. The zero-order valence-electron chi connectivity index (χ0n) is 18.9. The predicted molar refractivity (Wildman–Crippen MR) is 127 cm³/mol. The maximum atomic E-state index is 12.7. The quantitative estimate of drug-likeness (QED) is 0.405. The summed E-state index contributed by atoms with van der Waals surface area (Å²) in [6, 6.07) is 16.6. The van der Waals surface area contributed by atoms with Crippen molar-refractivity contribution in [2.45, 2.75) is 26.6 Å². The van der Waals surface area contributed by atoms with Gasteiger partial charge in [-0.15, -0.1) is 0 Å². The van der Waals surface area contributed by atoms with Crippen LogP contribution in [0.15, 0.2) is 66.0 Å². The van der Waals surface area contributed by atoms with E-state index in [0.29, 0.717) is 35.8 Å². The van der Waals surface area contributed by atoms with E-state index in [9.17, 15) is 4.79 Å². The summed E-state index contributed by atoms with van der Waals surface area (Å²) in [6.45, 7) is 3.95. The highest BCUT2D eigenvalue weighted by Gasteiger charge is 2.21. The highest BCUT2D eigenvalue weighted by atomic mass is 16.1. The van der Waals surface area contributed by atoms with Crippen LogP contribution in [-0.2, 0) is 19.6 Å². The highest BCUT2D eigenvalue weighted by molar-refractivity contribution is 5.85. The van der Waals surface area contributed by atoms with Crippen molar-refractivity contribution in [2.75, 3.05) is 14.1 Å². The molecule has 0 atom stereocenters. The number of imidazole rings is 2. The van der Waals surface area contributed by atoms with Crippen LogP contribution in [0, 0.1) is 6.92 Å². The number of aryl methyl sites for hydroxylation is 1. The van der Waals surface area contributed by atoms with Gasteiger partial charge >= 0.3 is 5.69 Å². The zero-order valence-corrected chi connectivity index (χ0v) is 18.9. The van der Waals surface area contributed by atoms with E-state index in [0.717, 1.165) is 17.7 Å². The molecule has 33 heavy (non-hydrogen) atoms. The minimum atomic E-state index is -0.336. The smallest absolute Gasteiger partial charge is 0.311 e. The Labute approximate surface area is 191 Å².